The zero-order chi connectivity index (χ0) is 16.7. The zero-order valence-electron chi connectivity index (χ0n) is 12.4. The maximum Gasteiger partial charge on any atom is 0.272 e. The number of benzene rings is 2. The van der Waals surface area contributed by atoms with Gasteiger partial charge in [-0.2, -0.15) is 0 Å². The maximum atomic E-state index is 13.5. The summed E-state index contributed by atoms with van der Waals surface area (Å²) in [6.45, 7) is 0.0254. The van der Waals surface area contributed by atoms with E-state index in [-0.39, 0.29) is 12.1 Å². The highest BCUT2D eigenvalue weighted by Gasteiger charge is 2.11. The number of ether oxygens (including phenoxy) is 1. The zero-order valence-corrected chi connectivity index (χ0v) is 12.4. The van der Waals surface area contributed by atoms with Crippen molar-refractivity contribution < 1.29 is 23.0 Å². The predicted octanol–water partition coefficient (Wildman–Crippen LogP) is 3.29. The highest BCUT2D eigenvalue weighted by Crippen LogP contribution is 2.16. The van der Waals surface area contributed by atoms with Crippen LogP contribution in [0.15, 0.2) is 48.5 Å². The van der Waals surface area contributed by atoms with Crippen molar-refractivity contribution in [3.63, 3.8) is 0 Å². The minimum atomic E-state index is -2.50. The average molecular weight is 325 g/mol. The molecule has 0 radical (unpaired) electrons. The van der Waals surface area contributed by atoms with Crippen LogP contribution in [0, 0.1) is 5.82 Å². The summed E-state index contributed by atoms with van der Waals surface area (Å²) in [6.07, 6.45) is -3.44. The van der Waals surface area contributed by atoms with Crippen molar-refractivity contribution in [2.45, 2.75) is 19.1 Å². The molecule has 0 spiro atoms. The van der Waals surface area contributed by atoms with Crippen LogP contribution >= 0.6 is 0 Å². The van der Waals surface area contributed by atoms with E-state index in [9.17, 15) is 18.3 Å². The molecule has 0 heterocycles. The van der Waals surface area contributed by atoms with Gasteiger partial charge in [0.25, 0.3) is 6.43 Å². The van der Waals surface area contributed by atoms with E-state index < -0.39 is 25.0 Å². The number of alkyl halides is 2. The predicted molar refractivity (Wildman–Crippen MR) is 81.0 cm³/mol. The lowest BCUT2D eigenvalue weighted by molar-refractivity contribution is 0.0819. The van der Waals surface area contributed by atoms with Gasteiger partial charge in [0.05, 0.1) is 6.10 Å². The van der Waals surface area contributed by atoms with Crippen LogP contribution in [0.3, 0.4) is 0 Å². The van der Waals surface area contributed by atoms with Gasteiger partial charge in [-0.3, -0.25) is 0 Å². The van der Waals surface area contributed by atoms with E-state index in [4.69, 9.17) is 4.74 Å². The first kappa shape index (κ1) is 17.3. The SMILES string of the molecule is OC(CNCc1ccc(OCC(F)F)cc1)c1ccccc1F. The lowest BCUT2D eigenvalue weighted by Crippen LogP contribution is -2.21. The molecule has 124 valence electrons. The summed E-state index contributed by atoms with van der Waals surface area (Å²) in [6, 6.07) is 12.8. The van der Waals surface area contributed by atoms with Crippen LogP contribution in [-0.2, 0) is 6.54 Å². The van der Waals surface area contributed by atoms with Crippen molar-refractivity contribution in [1.82, 2.24) is 5.32 Å². The van der Waals surface area contributed by atoms with Gasteiger partial charge in [-0.1, -0.05) is 30.3 Å². The van der Waals surface area contributed by atoms with Crippen molar-refractivity contribution in [3.05, 3.63) is 65.5 Å². The highest BCUT2D eigenvalue weighted by atomic mass is 19.3. The highest BCUT2D eigenvalue weighted by molar-refractivity contribution is 5.27. The van der Waals surface area contributed by atoms with Gasteiger partial charge in [-0.25, -0.2) is 13.2 Å². The number of hydrogen-bond donors (Lipinski definition) is 2. The quantitative estimate of drug-likeness (QED) is 0.782. The summed E-state index contributed by atoms with van der Waals surface area (Å²) in [7, 11) is 0. The Morgan fingerprint density at radius 2 is 1.74 bits per heavy atom. The Kier molecular flexibility index (Phi) is 6.43. The van der Waals surface area contributed by atoms with Crippen molar-refractivity contribution in [2.75, 3.05) is 13.2 Å². The molecule has 0 aromatic heterocycles. The molecule has 0 saturated carbocycles. The molecular formula is C17H18F3NO2. The van der Waals surface area contributed by atoms with Gasteiger partial charge in [-0.05, 0) is 23.8 Å². The van der Waals surface area contributed by atoms with Gasteiger partial charge in [0.15, 0.2) is 0 Å². The van der Waals surface area contributed by atoms with Crippen LogP contribution in [0.4, 0.5) is 13.2 Å². The van der Waals surface area contributed by atoms with Crippen LogP contribution in [0.25, 0.3) is 0 Å². The minimum absolute atomic E-state index is 0.199. The maximum absolute atomic E-state index is 13.5. The van der Waals surface area contributed by atoms with Gasteiger partial charge in [-0.15, -0.1) is 0 Å². The number of nitrogens with one attached hydrogen (secondary N) is 1. The summed E-state index contributed by atoms with van der Waals surface area (Å²) in [4.78, 5) is 0. The van der Waals surface area contributed by atoms with E-state index in [0.29, 0.717) is 12.3 Å². The van der Waals surface area contributed by atoms with Gasteiger partial charge < -0.3 is 15.2 Å². The summed E-state index contributed by atoms with van der Waals surface area (Å²) < 4.78 is 42.4. The molecule has 1 atom stereocenters. The summed E-state index contributed by atoms with van der Waals surface area (Å²) >= 11 is 0. The molecule has 0 saturated heterocycles. The summed E-state index contributed by atoms with van der Waals surface area (Å²) in [5, 5.41) is 13.0. The van der Waals surface area contributed by atoms with Gasteiger partial charge >= 0.3 is 0 Å². The fourth-order valence-corrected chi connectivity index (χ4v) is 2.07. The lowest BCUT2D eigenvalue weighted by atomic mass is 10.1. The molecule has 2 aromatic rings. The lowest BCUT2D eigenvalue weighted by Gasteiger charge is -2.13. The van der Waals surface area contributed by atoms with E-state index >= 15 is 0 Å². The van der Waals surface area contributed by atoms with Crippen LogP contribution in [0.1, 0.15) is 17.2 Å². The van der Waals surface area contributed by atoms with Crippen LogP contribution in [0.5, 0.6) is 5.75 Å². The molecule has 2 rings (SSSR count). The third-order valence-corrected chi connectivity index (χ3v) is 3.23. The minimum Gasteiger partial charge on any atom is -0.488 e. The van der Waals surface area contributed by atoms with E-state index in [2.05, 4.69) is 5.32 Å². The molecule has 2 aromatic carbocycles. The smallest absolute Gasteiger partial charge is 0.272 e. The largest absolute Gasteiger partial charge is 0.488 e. The molecule has 6 heteroatoms. The van der Waals surface area contributed by atoms with Crippen molar-refractivity contribution in [1.29, 1.82) is 0 Å². The van der Waals surface area contributed by atoms with Crippen molar-refractivity contribution >= 4 is 0 Å². The Balaban J connectivity index is 1.79. The van der Waals surface area contributed by atoms with E-state index in [1.807, 2.05) is 0 Å². The fourth-order valence-electron chi connectivity index (χ4n) is 2.07. The number of rotatable bonds is 8. The van der Waals surface area contributed by atoms with E-state index in [0.717, 1.165) is 5.56 Å². The first-order valence-electron chi connectivity index (χ1n) is 7.19. The Morgan fingerprint density at radius 3 is 2.39 bits per heavy atom. The van der Waals surface area contributed by atoms with Crippen molar-refractivity contribution in [3.8, 4) is 5.75 Å². The fraction of sp³-hybridized carbons (Fsp3) is 0.294. The standard InChI is InChI=1S/C17H18F3NO2/c18-15-4-2-1-3-14(15)16(22)10-21-9-12-5-7-13(8-6-12)23-11-17(19)20/h1-8,16-17,21-22H,9-11H2. The molecule has 0 amide bonds. The molecule has 1 unspecified atom stereocenters. The first-order chi connectivity index (χ1) is 11.1. The number of halogens is 3. The molecular weight excluding hydrogens is 307 g/mol. The average Bonchev–Trinajstić information content (AvgIpc) is 2.54. The topological polar surface area (TPSA) is 41.5 Å². The number of hydrogen-bond acceptors (Lipinski definition) is 3. The summed E-state index contributed by atoms with van der Waals surface area (Å²) in [5.74, 6) is -0.0669. The van der Waals surface area contributed by atoms with Crippen LogP contribution in [0.2, 0.25) is 0 Å². The molecule has 3 nitrogen and oxygen atoms in total. The van der Waals surface area contributed by atoms with Gasteiger partial charge in [0.1, 0.15) is 18.2 Å². The molecule has 0 aliphatic rings. The Bertz CT molecular complexity index is 605. The third-order valence-electron chi connectivity index (χ3n) is 3.23. The van der Waals surface area contributed by atoms with Crippen LogP contribution in [-0.4, -0.2) is 24.7 Å². The van der Waals surface area contributed by atoms with Crippen LogP contribution < -0.4 is 10.1 Å². The number of aliphatic hydroxyl groups is 1. The second-order valence-corrected chi connectivity index (χ2v) is 5.01. The molecule has 23 heavy (non-hydrogen) atoms. The summed E-state index contributed by atoms with van der Waals surface area (Å²) in [5.41, 5.74) is 1.14. The monoisotopic (exact) mass is 325 g/mol. The molecule has 2 N–H and O–H groups in total. The normalized spacial score (nSPS) is 12.4. The molecule has 0 fully saturated rings. The van der Waals surface area contributed by atoms with E-state index in [1.165, 1.54) is 12.1 Å². The second-order valence-electron chi connectivity index (χ2n) is 5.01. The van der Waals surface area contributed by atoms with E-state index in [1.54, 1.807) is 36.4 Å². The Morgan fingerprint density at radius 1 is 1.04 bits per heavy atom. The van der Waals surface area contributed by atoms with Gasteiger partial charge in [0, 0.05) is 18.7 Å². The Labute approximate surface area is 132 Å². The number of aliphatic hydroxyl groups excluding tert-OH is 1. The Hall–Kier alpha value is -2.05. The third kappa shape index (κ3) is 5.58. The molecule has 0 bridgehead atoms. The first-order valence-corrected chi connectivity index (χ1v) is 7.19. The second kappa shape index (κ2) is 8.55. The van der Waals surface area contributed by atoms with Gasteiger partial charge in [0.2, 0.25) is 0 Å². The molecule has 0 aliphatic carbocycles. The molecule has 0 aliphatic heterocycles. The van der Waals surface area contributed by atoms with Crippen molar-refractivity contribution in [2.24, 2.45) is 0 Å².